The molecule has 1 aliphatic heterocycles. The molecule has 88 valence electrons. The standard InChI is InChI=1S/C12H13N3O2/c1-15(2)7-8-6-10(16)14-12-9(11(8)17)4-3-5-13-12/h3-5,7H,6H2,1-2H3,(H,13,14,16). The van der Waals surface area contributed by atoms with E-state index in [1.165, 1.54) is 0 Å². The Morgan fingerprint density at radius 3 is 2.88 bits per heavy atom. The van der Waals surface area contributed by atoms with Crippen LogP contribution in [0.5, 0.6) is 0 Å². The molecule has 2 heterocycles. The minimum atomic E-state index is -0.219. The minimum absolute atomic E-state index is 0.0768. The summed E-state index contributed by atoms with van der Waals surface area (Å²) in [5.74, 6) is -0.0336. The van der Waals surface area contributed by atoms with Gasteiger partial charge < -0.3 is 10.2 Å². The number of fused-ring (bicyclic) bond motifs is 1. The van der Waals surface area contributed by atoms with Crippen LogP contribution < -0.4 is 5.32 Å². The van der Waals surface area contributed by atoms with Crippen molar-refractivity contribution in [2.24, 2.45) is 0 Å². The number of Topliss-reactive ketones (excluding diaryl/α,β-unsaturated/α-hetero) is 1. The molecular weight excluding hydrogens is 218 g/mol. The molecule has 0 spiro atoms. The lowest BCUT2D eigenvalue weighted by Gasteiger charge is -2.08. The topological polar surface area (TPSA) is 62.3 Å². The molecule has 2 rings (SSSR count). The maximum Gasteiger partial charge on any atom is 0.230 e. The van der Waals surface area contributed by atoms with E-state index in [2.05, 4.69) is 10.3 Å². The van der Waals surface area contributed by atoms with E-state index in [9.17, 15) is 9.59 Å². The van der Waals surface area contributed by atoms with Crippen molar-refractivity contribution in [1.29, 1.82) is 0 Å². The van der Waals surface area contributed by atoms with Crippen LogP contribution in [0.4, 0.5) is 5.82 Å². The highest BCUT2D eigenvalue weighted by Gasteiger charge is 2.24. The molecule has 1 aromatic heterocycles. The summed E-state index contributed by atoms with van der Waals surface area (Å²) in [6, 6.07) is 3.35. The molecule has 17 heavy (non-hydrogen) atoms. The number of carbonyl (C=O) groups is 2. The van der Waals surface area contributed by atoms with E-state index >= 15 is 0 Å². The number of aromatic nitrogens is 1. The summed E-state index contributed by atoms with van der Waals surface area (Å²) in [6.45, 7) is 0. The molecule has 0 bridgehead atoms. The van der Waals surface area contributed by atoms with Crippen LogP contribution in [-0.2, 0) is 4.79 Å². The molecule has 1 aromatic rings. The molecule has 0 unspecified atom stereocenters. The first-order valence-corrected chi connectivity index (χ1v) is 5.24. The highest BCUT2D eigenvalue weighted by atomic mass is 16.2. The number of nitrogens with zero attached hydrogens (tertiary/aromatic N) is 2. The van der Waals surface area contributed by atoms with E-state index in [0.717, 1.165) is 0 Å². The van der Waals surface area contributed by atoms with Gasteiger partial charge in [-0.15, -0.1) is 0 Å². The van der Waals surface area contributed by atoms with Crippen molar-refractivity contribution >= 4 is 17.5 Å². The third-order valence-electron chi connectivity index (χ3n) is 2.37. The maximum atomic E-state index is 12.2. The number of hydrogen-bond donors (Lipinski definition) is 1. The molecule has 5 nitrogen and oxygen atoms in total. The van der Waals surface area contributed by atoms with E-state index in [-0.39, 0.29) is 18.1 Å². The Bertz CT molecular complexity index is 506. The Labute approximate surface area is 99.1 Å². The number of amides is 1. The molecule has 0 aliphatic carbocycles. The number of pyridine rings is 1. The molecule has 1 N–H and O–H groups in total. The highest BCUT2D eigenvalue weighted by molar-refractivity contribution is 6.17. The van der Waals surface area contributed by atoms with Crippen molar-refractivity contribution in [3.63, 3.8) is 0 Å². The predicted octanol–water partition coefficient (Wildman–Crippen LogP) is 1.05. The van der Waals surface area contributed by atoms with Crippen molar-refractivity contribution in [2.45, 2.75) is 6.42 Å². The smallest absolute Gasteiger partial charge is 0.230 e. The van der Waals surface area contributed by atoms with E-state index < -0.39 is 0 Å². The van der Waals surface area contributed by atoms with Gasteiger partial charge in [-0.3, -0.25) is 9.59 Å². The van der Waals surface area contributed by atoms with Gasteiger partial charge in [0.2, 0.25) is 5.91 Å². The average molecular weight is 231 g/mol. The zero-order valence-corrected chi connectivity index (χ0v) is 9.73. The van der Waals surface area contributed by atoms with Crippen molar-refractivity contribution in [1.82, 2.24) is 9.88 Å². The summed E-state index contributed by atoms with van der Waals surface area (Å²) in [7, 11) is 3.63. The second kappa shape index (κ2) is 4.37. The van der Waals surface area contributed by atoms with Gasteiger partial charge in [0, 0.05) is 32.1 Å². The summed E-state index contributed by atoms with van der Waals surface area (Å²) in [5.41, 5.74) is 0.908. The molecule has 5 heteroatoms. The van der Waals surface area contributed by atoms with Crippen LogP contribution in [0.25, 0.3) is 0 Å². The zero-order valence-electron chi connectivity index (χ0n) is 9.73. The van der Waals surface area contributed by atoms with Crippen molar-refractivity contribution in [2.75, 3.05) is 19.4 Å². The minimum Gasteiger partial charge on any atom is -0.383 e. The fourth-order valence-corrected chi connectivity index (χ4v) is 1.71. The Morgan fingerprint density at radius 1 is 1.41 bits per heavy atom. The number of nitrogens with one attached hydrogen (secondary N) is 1. The van der Waals surface area contributed by atoms with E-state index in [1.807, 2.05) is 14.1 Å². The van der Waals surface area contributed by atoms with Crippen LogP contribution >= 0.6 is 0 Å². The number of carbonyl (C=O) groups excluding carboxylic acids is 2. The lowest BCUT2D eigenvalue weighted by molar-refractivity contribution is -0.115. The summed E-state index contributed by atoms with van der Waals surface area (Å²) in [5, 5.41) is 2.63. The van der Waals surface area contributed by atoms with Gasteiger partial charge in [0.1, 0.15) is 5.82 Å². The van der Waals surface area contributed by atoms with Crippen LogP contribution in [0.2, 0.25) is 0 Å². The number of anilines is 1. The van der Waals surface area contributed by atoms with Crippen LogP contribution in [0.1, 0.15) is 16.8 Å². The SMILES string of the molecule is CN(C)C=C1CC(=O)Nc2ncccc2C1=O. The fourth-order valence-electron chi connectivity index (χ4n) is 1.71. The summed E-state index contributed by atoms with van der Waals surface area (Å²) in [4.78, 5) is 29.6. The van der Waals surface area contributed by atoms with Gasteiger partial charge in [0.05, 0.1) is 12.0 Å². The molecule has 1 aliphatic rings. The van der Waals surface area contributed by atoms with Crippen molar-refractivity contribution in [3.05, 3.63) is 35.7 Å². The van der Waals surface area contributed by atoms with Gasteiger partial charge >= 0.3 is 0 Å². The monoisotopic (exact) mass is 231 g/mol. The van der Waals surface area contributed by atoms with E-state index in [0.29, 0.717) is 17.0 Å². The van der Waals surface area contributed by atoms with E-state index in [1.54, 1.807) is 29.4 Å². The third kappa shape index (κ3) is 2.33. The number of ketones is 1. The van der Waals surface area contributed by atoms with Crippen LogP contribution in [0, 0.1) is 0 Å². The predicted molar refractivity (Wildman–Crippen MR) is 63.6 cm³/mol. The summed E-state index contributed by atoms with van der Waals surface area (Å²) < 4.78 is 0. The Hall–Kier alpha value is -2.17. The van der Waals surface area contributed by atoms with E-state index in [4.69, 9.17) is 0 Å². The first kappa shape index (κ1) is 11.3. The number of rotatable bonds is 1. The van der Waals surface area contributed by atoms with Crippen LogP contribution in [0.15, 0.2) is 30.1 Å². The Kier molecular flexibility index (Phi) is 2.91. The van der Waals surface area contributed by atoms with Gasteiger partial charge in [-0.05, 0) is 12.1 Å². The highest BCUT2D eigenvalue weighted by Crippen LogP contribution is 2.22. The van der Waals surface area contributed by atoms with Gasteiger partial charge in [-0.1, -0.05) is 0 Å². The Morgan fingerprint density at radius 2 is 2.18 bits per heavy atom. The van der Waals surface area contributed by atoms with Crippen molar-refractivity contribution in [3.8, 4) is 0 Å². The van der Waals surface area contributed by atoms with Gasteiger partial charge in [-0.2, -0.15) is 0 Å². The summed E-state index contributed by atoms with van der Waals surface area (Å²) in [6.07, 6.45) is 3.30. The van der Waals surface area contributed by atoms with Gasteiger partial charge in [0.25, 0.3) is 0 Å². The van der Waals surface area contributed by atoms with Gasteiger partial charge in [-0.25, -0.2) is 4.98 Å². The molecule has 0 fully saturated rings. The number of hydrogen-bond acceptors (Lipinski definition) is 4. The van der Waals surface area contributed by atoms with Crippen LogP contribution in [0.3, 0.4) is 0 Å². The molecule has 0 atom stereocenters. The van der Waals surface area contributed by atoms with Gasteiger partial charge in [0.15, 0.2) is 5.78 Å². The van der Waals surface area contributed by atoms with Crippen molar-refractivity contribution < 1.29 is 9.59 Å². The molecule has 0 aromatic carbocycles. The average Bonchev–Trinajstić information content (AvgIpc) is 2.37. The molecule has 0 saturated carbocycles. The molecule has 0 radical (unpaired) electrons. The largest absolute Gasteiger partial charge is 0.383 e. The normalized spacial score (nSPS) is 17.4. The van der Waals surface area contributed by atoms with Crippen LogP contribution in [-0.4, -0.2) is 35.7 Å². The lowest BCUT2D eigenvalue weighted by Crippen LogP contribution is -2.12. The first-order valence-electron chi connectivity index (χ1n) is 5.24. The zero-order chi connectivity index (χ0) is 12.4. The second-order valence-electron chi connectivity index (χ2n) is 4.07. The first-order chi connectivity index (χ1) is 8.08. The quantitative estimate of drug-likeness (QED) is 0.734. The maximum absolute atomic E-state index is 12.2. The fraction of sp³-hybridized carbons (Fsp3) is 0.250. The Balaban J connectivity index is 2.50. The lowest BCUT2D eigenvalue weighted by atomic mass is 10.0. The second-order valence-corrected chi connectivity index (χ2v) is 4.07. The molecule has 0 saturated heterocycles. The summed E-state index contributed by atoms with van der Waals surface area (Å²) >= 11 is 0. The third-order valence-corrected chi connectivity index (χ3v) is 2.37. The molecule has 1 amide bonds. The molecular formula is C12H13N3O2.